The molecule has 0 spiro atoms. The highest BCUT2D eigenvalue weighted by molar-refractivity contribution is 7.07. The number of hydrogen-bond donors (Lipinski definition) is 1. The first-order valence-corrected chi connectivity index (χ1v) is 8.62. The van der Waals surface area contributed by atoms with E-state index >= 15 is 0 Å². The zero-order chi connectivity index (χ0) is 16.1. The zero-order valence-electron chi connectivity index (χ0n) is 13.1. The van der Waals surface area contributed by atoms with Crippen LogP contribution < -0.4 is 4.80 Å². The van der Waals surface area contributed by atoms with Crippen LogP contribution in [0.1, 0.15) is 12.0 Å². The van der Waals surface area contributed by atoms with Gasteiger partial charge < -0.3 is 9.67 Å². The lowest BCUT2D eigenvalue weighted by Gasteiger charge is -2.08. The van der Waals surface area contributed by atoms with Gasteiger partial charge in [-0.05, 0) is 31.0 Å². The Bertz CT molecular complexity index is 817. The number of para-hydroxylation sites is 1. The van der Waals surface area contributed by atoms with Crippen LogP contribution in [0, 0.1) is 6.92 Å². The molecule has 1 N–H and O–H groups in total. The number of aliphatic hydroxyl groups excluding tert-OH is 1. The predicted octanol–water partition coefficient (Wildman–Crippen LogP) is 4.14. The normalized spacial score (nSPS) is 11.8. The molecular formula is C19H20N2OS. The molecule has 3 aromatic rings. The van der Waals surface area contributed by atoms with Crippen LogP contribution >= 0.6 is 11.3 Å². The van der Waals surface area contributed by atoms with Crippen LogP contribution in [0.3, 0.4) is 0 Å². The van der Waals surface area contributed by atoms with Gasteiger partial charge in [0.2, 0.25) is 0 Å². The van der Waals surface area contributed by atoms with Crippen molar-refractivity contribution in [3.8, 4) is 11.3 Å². The number of rotatable bonds is 5. The lowest BCUT2D eigenvalue weighted by atomic mass is 10.1. The summed E-state index contributed by atoms with van der Waals surface area (Å²) in [5, 5.41) is 11.3. The smallest absolute Gasteiger partial charge is 0.190 e. The van der Waals surface area contributed by atoms with Gasteiger partial charge in [-0.25, -0.2) is 4.99 Å². The molecule has 3 rings (SSSR count). The second-order valence-corrected chi connectivity index (χ2v) is 6.28. The van der Waals surface area contributed by atoms with Gasteiger partial charge in [0.05, 0.1) is 11.4 Å². The van der Waals surface area contributed by atoms with Crippen LogP contribution in [0.5, 0.6) is 0 Å². The van der Waals surface area contributed by atoms with E-state index in [1.54, 1.807) is 11.3 Å². The van der Waals surface area contributed by atoms with Crippen LogP contribution in [0.2, 0.25) is 0 Å². The van der Waals surface area contributed by atoms with Crippen molar-refractivity contribution in [2.45, 2.75) is 19.9 Å². The van der Waals surface area contributed by atoms with Crippen molar-refractivity contribution in [2.24, 2.45) is 4.99 Å². The zero-order valence-corrected chi connectivity index (χ0v) is 14.0. The van der Waals surface area contributed by atoms with Gasteiger partial charge in [-0.2, -0.15) is 0 Å². The van der Waals surface area contributed by atoms with Gasteiger partial charge in [-0.15, -0.1) is 11.3 Å². The maximum Gasteiger partial charge on any atom is 0.190 e. The molecule has 4 heteroatoms. The standard InChI is InChI=1S/C19H20N2OS/c1-15-8-10-16(11-9-15)18-14-23-19(21(18)12-5-13-22)20-17-6-3-2-4-7-17/h2-4,6-11,14,22H,5,12-13H2,1H3. The van der Waals surface area contributed by atoms with Crippen LogP contribution in [-0.4, -0.2) is 16.3 Å². The van der Waals surface area contributed by atoms with Crippen molar-refractivity contribution in [2.75, 3.05) is 6.61 Å². The third-order valence-electron chi connectivity index (χ3n) is 3.67. The van der Waals surface area contributed by atoms with E-state index in [1.807, 2.05) is 30.3 Å². The fraction of sp³-hybridized carbons (Fsp3) is 0.211. The second kappa shape index (κ2) is 7.40. The molecule has 23 heavy (non-hydrogen) atoms. The lowest BCUT2D eigenvalue weighted by molar-refractivity contribution is 0.279. The van der Waals surface area contributed by atoms with E-state index < -0.39 is 0 Å². The first-order valence-electron chi connectivity index (χ1n) is 7.74. The fourth-order valence-corrected chi connectivity index (χ4v) is 3.39. The minimum absolute atomic E-state index is 0.182. The summed E-state index contributed by atoms with van der Waals surface area (Å²) in [5.74, 6) is 0. The van der Waals surface area contributed by atoms with E-state index in [4.69, 9.17) is 4.99 Å². The maximum absolute atomic E-state index is 9.20. The largest absolute Gasteiger partial charge is 0.396 e. The molecule has 0 fully saturated rings. The number of hydrogen-bond acceptors (Lipinski definition) is 3. The lowest BCUT2D eigenvalue weighted by Crippen LogP contribution is -2.16. The van der Waals surface area contributed by atoms with Crippen LogP contribution in [-0.2, 0) is 6.54 Å². The van der Waals surface area contributed by atoms with Gasteiger partial charge in [0.15, 0.2) is 4.80 Å². The van der Waals surface area contributed by atoms with Crippen LogP contribution in [0.25, 0.3) is 11.3 Å². The number of nitrogens with zero attached hydrogens (tertiary/aromatic N) is 2. The molecule has 0 unspecified atom stereocenters. The van der Waals surface area contributed by atoms with Crippen molar-refractivity contribution < 1.29 is 5.11 Å². The molecule has 3 nitrogen and oxygen atoms in total. The summed E-state index contributed by atoms with van der Waals surface area (Å²) in [6.07, 6.45) is 0.720. The topological polar surface area (TPSA) is 37.5 Å². The number of aryl methyl sites for hydroxylation is 1. The van der Waals surface area contributed by atoms with Gasteiger partial charge in [-0.3, -0.25) is 0 Å². The first-order chi connectivity index (χ1) is 11.3. The molecule has 1 heterocycles. The first kappa shape index (κ1) is 15.7. The van der Waals surface area contributed by atoms with Gasteiger partial charge in [0.25, 0.3) is 0 Å². The molecule has 118 valence electrons. The molecule has 0 amide bonds. The molecule has 0 saturated heterocycles. The van der Waals surface area contributed by atoms with E-state index in [0.717, 1.165) is 29.1 Å². The Morgan fingerprint density at radius 3 is 2.48 bits per heavy atom. The van der Waals surface area contributed by atoms with Crippen molar-refractivity contribution >= 4 is 17.0 Å². The molecule has 0 saturated carbocycles. The third-order valence-corrected chi connectivity index (χ3v) is 4.53. The third kappa shape index (κ3) is 3.78. The molecule has 0 aliphatic heterocycles. The highest BCUT2D eigenvalue weighted by Crippen LogP contribution is 2.21. The van der Waals surface area contributed by atoms with Gasteiger partial charge in [-0.1, -0.05) is 48.0 Å². The Balaban J connectivity index is 2.07. The summed E-state index contributed by atoms with van der Waals surface area (Å²) in [7, 11) is 0. The monoisotopic (exact) mass is 324 g/mol. The summed E-state index contributed by atoms with van der Waals surface area (Å²) in [6.45, 7) is 3.03. The van der Waals surface area contributed by atoms with E-state index in [-0.39, 0.29) is 6.61 Å². The van der Waals surface area contributed by atoms with Crippen molar-refractivity contribution in [3.63, 3.8) is 0 Å². The molecule has 0 atom stereocenters. The van der Waals surface area contributed by atoms with E-state index in [0.29, 0.717) is 0 Å². The summed E-state index contributed by atoms with van der Waals surface area (Å²) >= 11 is 1.64. The number of aliphatic hydroxyl groups is 1. The Morgan fingerprint density at radius 1 is 1.04 bits per heavy atom. The molecule has 0 radical (unpaired) electrons. The second-order valence-electron chi connectivity index (χ2n) is 5.45. The molecule has 1 aromatic heterocycles. The Kier molecular flexibility index (Phi) is 5.05. The average Bonchev–Trinajstić information content (AvgIpc) is 2.97. The Hall–Kier alpha value is -2.17. The number of thiazole rings is 1. The molecule has 0 bridgehead atoms. The van der Waals surface area contributed by atoms with E-state index in [2.05, 4.69) is 41.1 Å². The van der Waals surface area contributed by atoms with Gasteiger partial charge in [0.1, 0.15) is 0 Å². The molecule has 0 aliphatic rings. The fourth-order valence-electron chi connectivity index (χ4n) is 2.43. The minimum Gasteiger partial charge on any atom is -0.396 e. The van der Waals surface area contributed by atoms with E-state index in [1.165, 1.54) is 11.1 Å². The SMILES string of the molecule is Cc1ccc(-c2csc(=Nc3ccccc3)n2CCCO)cc1. The average molecular weight is 324 g/mol. The molecule has 0 aliphatic carbocycles. The maximum atomic E-state index is 9.20. The molecular weight excluding hydrogens is 304 g/mol. The summed E-state index contributed by atoms with van der Waals surface area (Å²) < 4.78 is 2.19. The number of benzene rings is 2. The summed E-state index contributed by atoms with van der Waals surface area (Å²) in [4.78, 5) is 5.72. The van der Waals surface area contributed by atoms with Gasteiger partial charge >= 0.3 is 0 Å². The highest BCUT2D eigenvalue weighted by Gasteiger charge is 2.08. The minimum atomic E-state index is 0.182. The summed E-state index contributed by atoms with van der Waals surface area (Å²) in [5.41, 5.74) is 4.53. The molecule has 2 aromatic carbocycles. The van der Waals surface area contributed by atoms with Crippen molar-refractivity contribution in [1.82, 2.24) is 4.57 Å². The summed E-state index contributed by atoms with van der Waals surface area (Å²) in [6, 6.07) is 18.5. The quantitative estimate of drug-likeness (QED) is 0.752. The van der Waals surface area contributed by atoms with Gasteiger partial charge in [0, 0.05) is 18.5 Å². The predicted molar refractivity (Wildman–Crippen MR) is 95.8 cm³/mol. The van der Waals surface area contributed by atoms with Crippen molar-refractivity contribution in [1.29, 1.82) is 0 Å². The number of aromatic nitrogens is 1. The van der Waals surface area contributed by atoms with Crippen LogP contribution in [0.15, 0.2) is 65.0 Å². The Morgan fingerprint density at radius 2 is 1.78 bits per heavy atom. The van der Waals surface area contributed by atoms with Crippen molar-refractivity contribution in [3.05, 3.63) is 70.3 Å². The van der Waals surface area contributed by atoms with Crippen LogP contribution in [0.4, 0.5) is 5.69 Å². The van der Waals surface area contributed by atoms with E-state index in [9.17, 15) is 5.11 Å². The highest BCUT2D eigenvalue weighted by atomic mass is 32.1. The Labute approximate surface area is 140 Å².